The van der Waals surface area contributed by atoms with Crippen molar-refractivity contribution in [3.05, 3.63) is 53.4 Å². The molecule has 0 aliphatic carbocycles. The van der Waals surface area contributed by atoms with Crippen LogP contribution in [0.4, 0.5) is 0 Å². The molecule has 136 valence electrons. The molecule has 1 N–H and O–H groups in total. The number of rotatable bonds is 8. The van der Waals surface area contributed by atoms with E-state index in [9.17, 15) is 4.79 Å². The second-order valence-electron chi connectivity index (χ2n) is 5.87. The third kappa shape index (κ3) is 4.74. The maximum atomic E-state index is 12.6. The molecule has 0 fully saturated rings. The van der Waals surface area contributed by atoms with Gasteiger partial charge in [0.15, 0.2) is 0 Å². The molecule has 0 bridgehead atoms. The Kier molecular flexibility index (Phi) is 6.46. The van der Waals surface area contributed by atoms with Crippen molar-refractivity contribution < 1.29 is 9.21 Å². The summed E-state index contributed by atoms with van der Waals surface area (Å²) in [5.74, 6) is 0.455. The normalized spacial score (nSPS) is 13.3. The van der Waals surface area contributed by atoms with Crippen LogP contribution in [0.3, 0.4) is 0 Å². The number of nitrogens with zero attached hydrogens (tertiary/aromatic N) is 2. The van der Waals surface area contributed by atoms with E-state index in [0.717, 1.165) is 23.3 Å². The predicted molar refractivity (Wildman–Crippen MR) is 105 cm³/mol. The molecule has 0 aliphatic heterocycles. The molecule has 5 nitrogen and oxygen atoms in total. The zero-order valence-electron chi connectivity index (χ0n) is 14.7. The summed E-state index contributed by atoms with van der Waals surface area (Å²) >= 11 is 2.82. The summed E-state index contributed by atoms with van der Waals surface area (Å²) in [4.78, 5) is 13.5. The van der Waals surface area contributed by atoms with E-state index in [0.29, 0.717) is 11.1 Å². The largest absolute Gasteiger partial charge is 0.410 e. The number of hydrogen-bond donors (Lipinski definition) is 1. The molecule has 3 aromatic rings. The molecular formula is C19H21N3O2S2. The number of thiophene rings is 1. The van der Waals surface area contributed by atoms with E-state index >= 15 is 0 Å². The Morgan fingerprint density at radius 3 is 2.73 bits per heavy atom. The van der Waals surface area contributed by atoms with Crippen molar-refractivity contribution in [2.75, 3.05) is 0 Å². The van der Waals surface area contributed by atoms with Crippen LogP contribution >= 0.6 is 23.1 Å². The Bertz CT molecular complexity index is 818. The van der Waals surface area contributed by atoms with Crippen LogP contribution < -0.4 is 5.32 Å². The summed E-state index contributed by atoms with van der Waals surface area (Å²) in [7, 11) is 0. The van der Waals surface area contributed by atoms with Gasteiger partial charge in [0.25, 0.3) is 11.1 Å². The van der Waals surface area contributed by atoms with Gasteiger partial charge < -0.3 is 9.73 Å². The van der Waals surface area contributed by atoms with Gasteiger partial charge in [-0.05, 0) is 30.4 Å². The highest BCUT2D eigenvalue weighted by Gasteiger charge is 2.22. The second kappa shape index (κ2) is 9.00. The van der Waals surface area contributed by atoms with Crippen molar-refractivity contribution >= 4 is 29.0 Å². The summed E-state index contributed by atoms with van der Waals surface area (Å²) < 4.78 is 5.66. The van der Waals surface area contributed by atoms with Crippen molar-refractivity contribution in [2.45, 2.75) is 43.2 Å². The summed E-state index contributed by atoms with van der Waals surface area (Å²) in [5, 5.41) is 13.3. The Morgan fingerprint density at radius 1 is 1.23 bits per heavy atom. The maximum absolute atomic E-state index is 12.6. The molecule has 7 heteroatoms. The van der Waals surface area contributed by atoms with Crippen LogP contribution in [0.2, 0.25) is 0 Å². The van der Waals surface area contributed by atoms with Crippen LogP contribution in [-0.4, -0.2) is 21.4 Å². The third-order valence-corrected chi connectivity index (χ3v) is 5.67. The summed E-state index contributed by atoms with van der Waals surface area (Å²) in [6, 6.07) is 13.9. The number of hydrogen-bond acceptors (Lipinski definition) is 6. The molecule has 0 aliphatic rings. The van der Waals surface area contributed by atoms with Crippen LogP contribution in [0.25, 0.3) is 10.8 Å². The Hall–Kier alpha value is -2.12. The first-order chi connectivity index (χ1) is 12.7. The minimum atomic E-state index is -0.324. The van der Waals surface area contributed by atoms with E-state index in [2.05, 4.69) is 22.4 Å². The zero-order valence-corrected chi connectivity index (χ0v) is 16.3. The zero-order chi connectivity index (χ0) is 18.4. The number of amides is 1. The fraction of sp³-hybridized carbons (Fsp3) is 0.316. The molecule has 2 atom stereocenters. The highest BCUT2D eigenvalue weighted by atomic mass is 32.2. The monoisotopic (exact) mass is 387 g/mol. The summed E-state index contributed by atoms with van der Waals surface area (Å²) in [6.07, 6.45) is 1.89. The van der Waals surface area contributed by atoms with Gasteiger partial charge in [-0.15, -0.1) is 21.5 Å². The summed E-state index contributed by atoms with van der Waals surface area (Å²) in [6.45, 7) is 3.97. The predicted octanol–water partition coefficient (Wildman–Crippen LogP) is 4.94. The molecule has 2 unspecified atom stereocenters. The molecule has 1 aromatic carbocycles. The van der Waals surface area contributed by atoms with Gasteiger partial charge in [-0.3, -0.25) is 4.79 Å². The van der Waals surface area contributed by atoms with Crippen molar-refractivity contribution in [3.8, 4) is 10.8 Å². The van der Waals surface area contributed by atoms with Gasteiger partial charge in [0, 0.05) is 0 Å². The van der Waals surface area contributed by atoms with E-state index in [1.54, 1.807) is 11.3 Å². The highest BCUT2D eigenvalue weighted by molar-refractivity contribution is 8.00. The minimum absolute atomic E-state index is 0.0149. The topological polar surface area (TPSA) is 68.0 Å². The van der Waals surface area contributed by atoms with Gasteiger partial charge >= 0.3 is 0 Å². The fourth-order valence-corrected chi connectivity index (χ4v) is 3.88. The molecule has 0 saturated heterocycles. The Morgan fingerprint density at radius 2 is 2.04 bits per heavy atom. The van der Waals surface area contributed by atoms with Gasteiger partial charge in [-0.1, -0.05) is 61.5 Å². The number of carbonyl (C=O) groups excluding carboxylic acids is 1. The SMILES string of the molecule is CCCC(NC(=O)C(C)Sc1nnc(-c2cccs2)o1)c1ccccc1. The van der Waals surface area contributed by atoms with Crippen LogP contribution in [0.15, 0.2) is 57.5 Å². The average molecular weight is 388 g/mol. The first-order valence-corrected chi connectivity index (χ1v) is 10.3. The smallest absolute Gasteiger partial charge is 0.277 e. The van der Waals surface area contributed by atoms with Gasteiger partial charge in [0.2, 0.25) is 5.91 Å². The van der Waals surface area contributed by atoms with Crippen molar-refractivity contribution in [1.82, 2.24) is 15.5 Å². The molecule has 1 amide bonds. The molecule has 2 heterocycles. The maximum Gasteiger partial charge on any atom is 0.277 e. The van der Waals surface area contributed by atoms with Crippen molar-refractivity contribution in [1.29, 1.82) is 0 Å². The first kappa shape index (κ1) is 18.7. The van der Waals surface area contributed by atoms with E-state index < -0.39 is 0 Å². The van der Waals surface area contributed by atoms with E-state index in [-0.39, 0.29) is 17.2 Å². The first-order valence-electron chi connectivity index (χ1n) is 8.56. The van der Waals surface area contributed by atoms with Crippen molar-refractivity contribution in [3.63, 3.8) is 0 Å². The van der Waals surface area contributed by atoms with E-state index in [1.807, 2.05) is 54.8 Å². The summed E-state index contributed by atoms with van der Waals surface area (Å²) in [5.41, 5.74) is 1.12. The van der Waals surface area contributed by atoms with Gasteiger partial charge in [-0.2, -0.15) is 0 Å². The number of benzene rings is 1. The number of carbonyl (C=O) groups is 1. The second-order valence-corrected chi connectivity index (χ2v) is 8.11. The van der Waals surface area contributed by atoms with Gasteiger partial charge in [-0.25, -0.2) is 0 Å². The minimum Gasteiger partial charge on any atom is -0.410 e. The highest BCUT2D eigenvalue weighted by Crippen LogP contribution is 2.29. The lowest BCUT2D eigenvalue weighted by Crippen LogP contribution is -2.34. The fourth-order valence-electron chi connectivity index (χ4n) is 2.55. The lowest BCUT2D eigenvalue weighted by atomic mass is 10.0. The molecule has 26 heavy (non-hydrogen) atoms. The lowest BCUT2D eigenvalue weighted by molar-refractivity contribution is -0.121. The van der Waals surface area contributed by atoms with Crippen LogP contribution in [0.5, 0.6) is 0 Å². The van der Waals surface area contributed by atoms with Crippen molar-refractivity contribution in [2.24, 2.45) is 0 Å². The average Bonchev–Trinajstić information content (AvgIpc) is 3.33. The molecule has 2 aromatic heterocycles. The number of thioether (sulfide) groups is 1. The van der Waals surface area contributed by atoms with Crippen LogP contribution in [0.1, 0.15) is 38.3 Å². The molecule has 3 rings (SSSR count). The van der Waals surface area contributed by atoms with E-state index in [4.69, 9.17) is 4.42 Å². The number of aromatic nitrogens is 2. The molecule has 0 saturated carbocycles. The Labute approximate surface area is 161 Å². The van der Waals surface area contributed by atoms with E-state index in [1.165, 1.54) is 11.8 Å². The van der Waals surface area contributed by atoms with Crippen LogP contribution in [-0.2, 0) is 4.79 Å². The molecule has 0 radical (unpaired) electrons. The number of nitrogens with one attached hydrogen (secondary N) is 1. The molecular weight excluding hydrogens is 366 g/mol. The van der Waals surface area contributed by atoms with Gasteiger partial charge in [0.1, 0.15) is 0 Å². The third-order valence-electron chi connectivity index (χ3n) is 3.88. The quantitative estimate of drug-likeness (QED) is 0.555. The lowest BCUT2D eigenvalue weighted by Gasteiger charge is -2.20. The molecule has 0 spiro atoms. The van der Waals surface area contributed by atoms with Crippen LogP contribution in [0, 0.1) is 0 Å². The standard InChI is InChI=1S/C19H21N3O2S2/c1-3-8-15(14-9-5-4-6-10-14)20-17(23)13(2)26-19-22-21-18(24-19)16-11-7-12-25-16/h4-7,9-13,15H,3,8H2,1-2H3,(H,20,23). The van der Waals surface area contributed by atoms with Gasteiger partial charge in [0.05, 0.1) is 16.2 Å². The Balaban J connectivity index is 1.62.